The van der Waals surface area contributed by atoms with E-state index in [-0.39, 0.29) is 24.0 Å². The molecule has 0 saturated heterocycles. The second kappa shape index (κ2) is 12.2. The molecule has 1 aliphatic carbocycles. The van der Waals surface area contributed by atoms with Crippen molar-refractivity contribution in [3.05, 3.63) is 53.6 Å². The summed E-state index contributed by atoms with van der Waals surface area (Å²) < 4.78 is 35.6. The zero-order valence-electron chi connectivity index (χ0n) is 20.1. The average molecular weight is 507 g/mol. The molecule has 1 saturated carbocycles. The van der Waals surface area contributed by atoms with E-state index in [2.05, 4.69) is 10.0 Å². The van der Waals surface area contributed by atoms with Gasteiger partial charge in [-0.15, -0.1) is 0 Å². The molecule has 0 spiro atoms. The lowest BCUT2D eigenvalue weighted by molar-refractivity contribution is 0.0526. The first-order valence-corrected chi connectivity index (χ1v) is 13.7. The lowest BCUT2D eigenvalue weighted by Gasteiger charge is -2.30. The minimum absolute atomic E-state index is 0.0184. The first-order valence-electron chi connectivity index (χ1n) is 11.8. The van der Waals surface area contributed by atoms with Crippen LogP contribution in [0.15, 0.2) is 42.5 Å². The van der Waals surface area contributed by atoms with E-state index < -0.39 is 16.1 Å². The van der Waals surface area contributed by atoms with Crippen LogP contribution in [-0.4, -0.2) is 62.8 Å². The monoisotopic (exact) mass is 506 g/mol. The molecule has 1 aliphatic rings. The normalized spacial score (nSPS) is 19.1. The van der Waals surface area contributed by atoms with E-state index in [1.54, 1.807) is 6.92 Å². The van der Waals surface area contributed by atoms with Crippen LogP contribution in [0.2, 0.25) is 0 Å². The summed E-state index contributed by atoms with van der Waals surface area (Å²) in [6.45, 7) is 2.55. The zero-order chi connectivity index (χ0) is 25.4. The average Bonchev–Trinajstić information content (AvgIpc) is 2.83. The van der Waals surface area contributed by atoms with Crippen LogP contribution in [-0.2, 0) is 14.8 Å². The van der Waals surface area contributed by atoms with Gasteiger partial charge in [-0.2, -0.15) is 0 Å². The molecule has 2 aromatic rings. The molecule has 1 fully saturated rings. The lowest BCUT2D eigenvalue weighted by Crippen LogP contribution is -2.39. The van der Waals surface area contributed by atoms with Crippen molar-refractivity contribution in [1.29, 1.82) is 0 Å². The van der Waals surface area contributed by atoms with Gasteiger partial charge in [0.1, 0.15) is 24.2 Å². The van der Waals surface area contributed by atoms with Crippen LogP contribution >= 0.6 is 0 Å². The Hall–Kier alpha value is -2.82. The molecule has 1 atom stereocenters. The standard InChI is InChI=1S/C25H34N2O7S/c1-3-33-25(30)19-6-4-17(5-7-19)18-8-10-20(11-9-18)26-15-21(28)16-34-22-12-13-24(29)23(14-22)27-35(2,31)32/h4-7,12-14,18,20-21,26-29H,3,8-11,15-16H2,1-2H3/t18-,20-,21?. The highest BCUT2D eigenvalue weighted by Gasteiger charge is 2.23. The Morgan fingerprint density at radius 1 is 1.11 bits per heavy atom. The van der Waals surface area contributed by atoms with Crippen LogP contribution in [0, 0.1) is 0 Å². The fourth-order valence-corrected chi connectivity index (χ4v) is 4.74. The van der Waals surface area contributed by atoms with Crippen molar-refractivity contribution in [2.24, 2.45) is 0 Å². The van der Waals surface area contributed by atoms with Crippen LogP contribution in [0.5, 0.6) is 11.5 Å². The van der Waals surface area contributed by atoms with Gasteiger partial charge in [0.2, 0.25) is 10.0 Å². The summed E-state index contributed by atoms with van der Waals surface area (Å²) in [5.74, 6) is 0.269. The molecule has 0 amide bonds. The Balaban J connectivity index is 1.40. The molecule has 4 N–H and O–H groups in total. The first-order chi connectivity index (χ1) is 16.6. The summed E-state index contributed by atoms with van der Waals surface area (Å²) in [7, 11) is -3.54. The predicted octanol–water partition coefficient (Wildman–Crippen LogP) is 3.00. The third-order valence-corrected chi connectivity index (χ3v) is 6.56. The number of sulfonamides is 1. The van der Waals surface area contributed by atoms with Gasteiger partial charge >= 0.3 is 5.97 Å². The third-order valence-electron chi connectivity index (χ3n) is 5.97. The number of phenols is 1. The zero-order valence-corrected chi connectivity index (χ0v) is 20.9. The van der Waals surface area contributed by atoms with Gasteiger partial charge in [-0.25, -0.2) is 13.2 Å². The van der Waals surface area contributed by atoms with Gasteiger partial charge in [0.15, 0.2) is 0 Å². The number of hydrogen-bond donors (Lipinski definition) is 4. The number of phenolic OH excluding ortho intramolecular Hbond substituents is 1. The lowest BCUT2D eigenvalue weighted by atomic mass is 9.81. The highest BCUT2D eigenvalue weighted by Crippen LogP contribution is 2.33. The third kappa shape index (κ3) is 8.41. The van der Waals surface area contributed by atoms with E-state index in [0.717, 1.165) is 31.9 Å². The van der Waals surface area contributed by atoms with Crippen molar-refractivity contribution in [3.8, 4) is 11.5 Å². The number of aliphatic hydroxyl groups excluding tert-OH is 1. The Morgan fingerprint density at radius 3 is 2.43 bits per heavy atom. The molecule has 2 aromatic carbocycles. The topological polar surface area (TPSA) is 134 Å². The SMILES string of the molecule is CCOC(=O)c1ccc([C@H]2CC[C@H](NCC(O)COc3ccc(O)c(NS(C)(=O)=O)c3)CC2)cc1. The van der Waals surface area contributed by atoms with Crippen molar-refractivity contribution in [1.82, 2.24) is 5.32 Å². The van der Waals surface area contributed by atoms with Crippen LogP contribution in [0.1, 0.15) is 54.4 Å². The number of benzene rings is 2. The molecule has 3 rings (SSSR count). The number of aromatic hydroxyl groups is 1. The van der Waals surface area contributed by atoms with Crippen molar-refractivity contribution in [3.63, 3.8) is 0 Å². The van der Waals surface area contributed by atoms with Crippen LogP contribution in [0.25, 0.3) is 0 Å². The Labute approximate surface area is 206 Å². The van der Waals surface area contributed by atoms with Gasteiger partial charge in [-0.05, 0) is 68.4 Å². The van der Waals surface area contributed by atoms with Crippen molar-refractivity contribution >= 4 is 21.7 Å². The summed E-state index contributed by atoms with van der Waals surface area (Å²) in [5, 5.41) is 23.5. The molecule has 35 heavy (non-hydrogen) atoms. The Kier molecular flexibility index (Phi) is 9.36. The van der Waals surface area contributed by atoms with Gasteiger partial charge in [0.25, 0.3) is 0 Å². The summed E-state index contributed by atoms with van der Waals surface area (Å²) in [5.41, 5.74) is 1.81. The number of nitrogens with one attached hydrogen (secondary N) is 2. The number of carbonyl (C=O) groups is 1. The summed E-state index contributed by atoms with van der Waals surface area (Å²) in [4.78, 5) is 11.8. The largest absolute Gasteiger partial charge is 0.506 e. The number of hydrogen-bond acceptors (Lipinski definition) is 8. The van der Waals surface area contributed by atoms with Gasteiger partial charge in [-0.1, -0.05) is 12.1 Å². The van der Waals surface area contributed by atoms with Gasteiger partial charge in [0, 0.05) is 18.7 Å². The fraction of sp³-hybridized carbons (Fsp3) is 0.480. The van der Waals surface area contributed by atoms with Crippen molar-refractivity contribution < 1.29 is 32.9 Å². The van der Waals surface area contributed by atoms with E-state index in [4.69, 9.17) is 9.47 Å². The molecule has 0 aliphatic heterocycles. The van der Waals surface area contributed by atoms with E-state index >= 15 is 0 Å². The molecule has 9 nitrogen and oxygen atoms in total. The quantitative estimate of drug-likeness (QED) is 0.270. The molecule has 192 valence electrons. The fourth-order valence-electron chi connectivity index (χ4n) is 4.18. The molecule has 0 heterocycles. The Morgan fingerprint density at radius 2 is 1.80 bits per heavy atom. The minimum Gasteiger partial charge on any atom is -0.506 e. The molecule has 0 bridgehead atoms. The van der Waals surface area contributed by atoms with Gasteiger partial charge in [0.05, 0.1) is 24.1 Å². The summed E-state index contributed by atoms with van der Waals surface area (Å²) >= 11 is 0. The van der Waals surface area contributed by atoms with Crippen LogP contribution < -0.4 is 14.8 Å². The molecular formula is C25H34N2O7S. The van der Waals surface area contributed by atoms with Gasteiger partial charge < -0.3 is 25.0 Å². The minimum atomic E-state index is -3.54. The maximum Gasteiger partial charge on any atom is 0.338 e. The van der Waals surface area contributed by atoms with E-state index in [1.807, 2.05) is 24.3 Å². The number of esters is 1. The van der Waals surface area contributed by atoms with Crippen molar-refractivity contribution in [2.45, 2.75) is 50.7 Å². The van der Waals surface area contributed by atoms with Crippen molar-refractivity contribution in [2.75, 3.05) is 30.7 Å². The van der Waals surface area contributed by atoms with E-state index in [0.29, 0.717) is 36.4 Å². The first kappa shape index (κ1) is 26.8. The van der Waals surface area contributed by atoms with Gasteiger partial charge in [-0.3, -0.25) is 4.72 Å². The molecule has 0 radical (unpaired) electrons. The maximum absolute atomic E-state index is 11.8. The summed E-state index contributed by atoms with van der Waals surface area (Å²) in [6, 6.07) is 12.2. The number of carbonyl (C=O) groups excluding carboxylic acids is 1. The maximum atomic E-state index is 11.8. The number of ether oxygens (including phenoxy) is 2. The number of aliphatic hydroxyl groups is 1. The van der Waals surface area contributed by atoms with Crippen LogP contribution in [0.3, 0.4) is 0 Å². The highest BCUT2D eigenvalue weighted by molar-refractivity contribution is 7.92. The molecule has 1 unspecified atom stereocenters. The summed E-state index contributed by atoms with van der Waals surface area (Å²) in [6.07, 6.45) is 4.25. The van der Waals surface area contributed by atoms with Crippen LogP contribution in [0.4, 0.5) is 5.69 Å². The highest BCUT2D eigenvalue weighted by atomic mass is 32.2. The number of anilines is 1. The molecule has 0 aromatic heterocycles. The smallest absolute Gasteiger partial charge is 0.338 e. The second-order valence-corrected chi connectivity index (χ2v) is 10.6. The second-order valence-electron chi connectivity index (χ2n) is 8.82. The molecular weight excluding hydrogens is 472 g/mol. The molecule has 10 heteroatoms. The predicted molar refractivity (Wildman–Crippen MR) is 133 cm³/mol. The Bertz CT molecular complexity index is 1080. The number of rotatable bonds is 11. The van der Waals surface area contributed by atoms with E-state index in [1.165, 1.54) is 23.8 Å². The van der Waals surface area contributed by atoms with E-state index in [9.17, 15) is 23.4 Å².